The molecule has 0 atom stereocenters. The van der Waals surface area contributed by atoms with Gasteiger partial charge < -0.3 is 5.73 Å². The van der Waals surface area contributed by atoms with Gasteiger partial charge in [0.2, 0.25) is 0 Å². The minimum atomic E-state index is -0.306. The first-order chi connectivity index (χ1) is 13.2. The van der Waals surface area contributed by atoms with E-state index >= 15 is 0 Å². The van der Waals surface area contributed by atoms with Crippen molar-refractivity contribution in [3.05, 3.63) is 83.7 Å². The number of nitrogens with two attached hydrogens (primary N) is 1. The molecular weight excluding hydrogens is 339 g/mol. The van der Waals surface area contributed by atoms with Gasteiger partial charge in [-0.15, -0.1) is 0 Å². The lowest BCUT2D eigenvalue weighted by Crippen LogP contribution is -1.99. The summed E-state index contributed by atoms with van der Waals surface area (Å²) in [6.45, 7) is 0.420. The van der Waals surface area contributed by atoms with Crippen LogP contribution in [0.4, 0.5) is 4.39 Å². The Hall–Kier alpha value is -3.62. The maximum atomic E-state index is 13.4. The molecule has 0 aliphatic rings. The summed E-state index contributed by atoms with van der Waals surface area (Å²) < 4.78 is 13.4. The van der Waals surface area contributed by atoms with Crippen molar-refractivity contribution in [2.45, 2.75) is 6.54 Å². The summed E-state index contributed by atoms with van der Waals surface area (Å²) in [6.07, 6.45) is 0. The molecule has 0 spiro atoms. The highest BCUT2D eigenvalue weighted by Gasteiger charge is 2.14. The summed E-state index contributed by atoms with van der Waals surface area (Å²) in [5.74, 6) is -0.306. The molecule has 0 saturated carbocycles. The zero-order valence-electron chi connectivity index (χ0n) is 14.4. The van der Waals surface area contributed by atoms with Crippen LogP contribution in [-0.2, 0) is 6.54 Å². The number of fused-ring (bicyclic) bond motifs is 1. The third-order valence-corrected chi connectivity index (χ3v) is 4.37. The van der Waals surface area contributed by atoms with Gasteiger partial charge in [0.25, 0.3) is 0 Å². The number of hydrogen-bond acceptors (Lipinski definition) is 4. The molecule has 0 unspecified atom stereocenters. The Bertz CT molecular complexity index is 1160. The van der Waals surface area contributed by atoms with E-state index in [1.54, 1.807) is 24.3 Å². The first-order valence-electron chi connectivity index (χ1n) is 8.45. The van der Waals surface area contributed by atoms with E-state index in [4.69, 9.17) is 21.0 Å². The molecule has 27 heavy (non-hydrogen) atoms. The lowest BCUT2D eigenvalue weighted by molar-refractivity contribution is 0.628. The molecule has 0 saturated heterocycles. The van der Waals surface area contributed by atoms with Gasteiger partial charge in [-0.25, -0.2) is 14.4 Å². The highest BCUT2D eigenvalue weighted by atomic mass is 19.1. The van der Waals surface area contributed by atoms with Crippen LogP contribution < -0.4 is 5.73 Å². The molecule has 0 radical (unpaired) electrons. The van der Waals surface area contributed by atoms with Crippen molar-refractivity contribution < 1.29 is 4.39 Å². The fourth-order valence-corrected chi connectivity index (χ4v) is 2.94. The summed E-state index contributed by atoms with van der Waals surface area (Å²) in [7, 11) is 0. The average Bonchev–Trinajstić information content (AvgIpc) is 2.73. The summed E-state index contributed by atoms with van der Waals surface area (Å²) >= 11 is 0. The molecule has 130 valence electrons. The van der Waals surface area contributed by atoms with Crippen LogP contribution in [0.25, 0.3) is 33.5 Å². The number of halogens is 1. The zero-order valence-corrected chi connectivity index (χ0v) is 14.4. The number of hydrogen-bond donors (Lipinski definition) is 1. The Balaban J connectivity index is 1.98. The quantitative estimate of drug-likeness (QED) is 0.590. The first kappa shape index (κ1) is 16.8. The van der Waals surface area contributed by atoms with Crippen molar-refractivity contribution in [2.75, 3.05) is 0 Å². The van der Waals surface area contributed by atoms with Gasteiger partial charge in [0.05, 0.1) is 34.1 Å². The molecule has 4 nitrogen and oxygen atoms in total. The van der Waals surface area contributed by atoms with Gasteiger partial charge in [-0.3, -0.25) is 0 Å². The van der Waals surface area contributed by atoms with Gasteiger partial charge in [-0.2, -0.15) is 5.26 Å². The van der Waals surface area contributed by atoms with E-state index in [-0.39, 0.29) is 5.82 Å². The topological polar surface area (TPSA) is 75.6 Å². The SMILES string of the molecule is N#Cc1ccc(-c2nc3cc(CN)ccc3nc2-c2ccc(F)cc2)cc1. The molecule has 4 rings (SSSR count). The number of benzene rings is 3. The Morgan fingerprint density at radius 1 is 0.815 bits per heavy atom. The summed E-state index contributed by atoms with van der Waals surface area (Å²) in [4.78, 5) is 9.59. The molecule has 0 amide bonds. The average molecular weight is 354 g/mol. The molecular formula is C22H15FN4. The summed E-state index contributed by atoms with van der Waals surface area (Å²) in [5.41, 5.74) is 11.7. The predicted molar refractivity (Wildman–Crippen MR) is 103 cm³/mol. The van der Waals surface area contributed by atoms with Crippen LogP contribution in [0.3, 0.4) is 0 Å². The van der Waals surface area contributed by atoms with Gasteiger partial charge in [0, 0.05) is 17.7 Å². The lowest BCUT2D eigenvalue weighted by atomic mass is 10.0. The van der Waals surface area contributed by atoms with Crippen molar-refractivity contribution in [3.8, 4) is 28.6 Å². The van der Waals surface area contributed by atoms with Crippen LogP contribution in [0.2, 0.25) is 0 Å². The van der Waals surface area contributed by atoms with Crippen LogP contribution in [0.1, 0.15) is 11.1 Å². The molecule has 3 aromatic carbocycles. The lowest BCUT2D eigenvalue weighted by Gasteiger charge is -2.11. The molecule has 0 fully saturated rings. The maximum Gasteiger partial charge on any atom is 0.123 e. The van der Waals surface area contributed by atoms with Gasteiger partial charge in [0.15, 0.2) is 0 Å². The second-order valence-corrected chi connectivity index (χ2v) is 6.14. The van der Waals surface area contributed by atoms with E-state index < -0.39 is 0 Å². The smallest absolute Gasteiger partial charge is 0.123 e. The highest BCUT2D eigenvalue weighted by Crippen LogP contribution is 2.31. The van der Waals surface area contributed by atoms with Gasteiger partial charge in [-0.05, 0) is 54.1 Å². The largest absolute Gasteiger partial charge is 0.326 e. The number of nitrogens with zero attached hydrogens (tertiary/aromatic N) is 3. The molecule has 0 bridgehead atoms. The minimum Gasteiger partial charge on any atom is -0.326 e. The van der Waals surface area contributed by atoms with E-state index in [0.717, 1.165) is 27.7 Å². The van der Waals surface area contributed by atoms with Crippen molar-refractivity contribution >= 4 is 11.0 Å². The number of nitriles is 1. The summed E-state index contributed by atoms with van der Waals surface area (Å²) in [5, 5.41) is 9.03. The minimum absolute atomic E-state index is 0.306. The van der Waals surface area contributed by atoms with Crippen LogP contribution in [0, 0.1) is 17.1 Å². The fraction of sp³-hybridized carbons (Fsp3) is 0.0455. The van der Waals surface area contributed by atoms with Crippen molar-refractivity contribution in [1.29, 1.82) is 5.26 Å². The number of rotatable bonds is 3. The van der Waals surface area contributed by atoms with Crippen LogP contribution in [0.5, 0.6) is 0 Å². The van der Waals surface area contributed by atoms with Crippen LogP contribution in [-0.4, -0.2) is 9.97 Å². The second kappa shape index (κ2) is 6.94. The Morgan fingerprint density at radius 3 is 2.00 bits per heavy atom. The highest BCUT2D eigenvalue weighted by molar-refractivity contribution is 5.86. The van der Waals surface area contributed by atoms with Gasteiger partial charge in [-0.1, -0.05) is 18.2 Å². The molecule has 5 heteroatoms. The van der Waals surface area contributed by atoms with Crippen molar-refractivity contribution in [3.63, 3.8) is 0 Å². The van der Waals surface area contributed by atoms with Crippen molar-refractivity contribution in [2.24, 2.45) is 5.73 Å². The summed E-state index contributed by atoms with van der Waals surface area (Å²) in [6, 6.07) is 21.2. The van der Waals surface area contributed by atoms with Gasteiger partial charge >= 0.3 is 0 Å². The van der Waals surface area contributed by atoms with E-state index in [2.05, 4.69) is 6.07 Å². The molecule has 1 aromatic heterocycles. The second-order valence-electron chi connectivity index (χ2n) is 6.14. The van der Waals surface area contributed by atoms with E-state index in [1.807, 2.05) is 30.3 Å². The first-order valence-corrected chi connectivity index (χ1v) is 8.45. The molecule has 1 heterocycles. The maximum absolute atomic E-state index is 13.4. The zero-order chi connectivity index (χ0) is 18.8. The van der Waals surface area contributed by atoms with Crippen molar-refractivity contribution in [1.82, 2.24) is 9.97 Å². The van der Waals surface area contributed by atoms with Crippen LogP contribution >= 0.6 is 0 Å². The standard InChI is InChI=1S/C22H15FN4/c23-18-8-6-17(7-9-18)21-22(16-4-1-14(12-24)2-5-16)27-20-11-15(13-25)3-10-19(20)26-21/h1-11H,13,25H2. The van der Waals surface area contributed by atoms with E-state index in [9.17, 15) is 4.39 Å². The molecule has 0 aliphatic heterocycles. The monoisotopic (exact) mass is 354 g/mol. The molecule has 4 aromatic rings. The molecule has 0 aliphatic carbocycles. The fourth-order valence-electron chi connectivity index (χ4n) is 2.94. The predicted octanol–water partition coefficient (Wildman–Crippen LogP) is 4.43. The van der Waals surface area contributed by atoms with Gasteiger partial charge in [0.1, 0.15) is 5.82 Å². The van der Waals surface area contributed by atoms with E-state index in [0.29, 0.717) is 23.5 Å². The Morgan fingerprint density at radius 2 is 1.41 bits per heavy atom. The Kier molecular flexibility index (Phi) is 4.33. The third-order valence-electron chi connectivity index (χ3n) is 4.37. The van der Waals surface area contributed by atoms with E-state index in [1.165, 1.54) is 12.1 Å². The third kappa shape index (κ3) is 3.26. The Labute approximate surface area is 155 Å². The number of aromatic nitrogens is 2. The normalized spacial score (nSPS) is 10.7. The molecule has 2 N–H and O–H groups in total. The van der Waals surface area contributed by atoms with Crippen LogP contribution in [0.15, 0.2) is 66.7 Å².